The number of hydrogen-bond acceptors (Lipinski definition) is 2. The van der Waals surface area contributed by atoms with E-state index in [0.717, 1.165) is 18.0 Å². The predicted octanol–water partition coefficient (Wildman–Crippen LogP) is 3.37. The summed E-state index contributed by atoms with van der Waals surface area (Å²) >= 11 is 0. The highest BCUT2D eigenvalue weighted by atomic mass is 15.2. The summed E-state index contributed by atoms with van der Waals surface area (Å²) in [4.78, 5) is 5.16. The minimum Gasteiger partial charge on any atom is -0.304 e. The third-order valence-electron chi connectivity index (χ3n) is 5.42. The molecule has 0 aromatic carbocycles. The van der Waals surface area contributed by atoms with Crippen LogP contribution >= 0.6 is 0 Å². The van der Waals surface area contributed by atoms with Crippen LogP contribution in [0.5, 0.6) is 0 Å². The predicted molar refractivity (Wildman–Crippen MR) is 78.9 cm³/mol. The van der Waals surface area contributed by atoms with Gasteiger partial charge in [-0.05, 0) is 59.3 Å². The van der Waals surface area contributed by atoms with Gasteiger partial charge < -0.3 is 9.80 Å². The van der Waals surface area contributed by atoms with Crippen LogP contribution in [0.1, 0.15) is 58.3 Å². The summed E-state index contributed by atoms with van der Waals surface area (Å²) in [6.07, 6.45) is 11.6. The van der Waals surface area contributed by atoms with Crippen LogP contribution < -0.4 is 0 Å². The largest absolute Gasteiger partial charge is 0.304 e. The maximum Gasteiger partial charge on any atom is 0.0119 e. The van der Waals surface area contributed by atoms with Gasteiger partial charge in [0.1, 0.15) is 0 Å². The zero-order valence-electron chi connectivity index (χ0n) is 12.7. The summed E-state index contributed by atoms with van der Waals surface area (Å²) in [5, 5.41) is 0. The highest BCUT2D eigenvalue weighted by Gasteiger charge is 2.25. The molecule has 2 aliphatic rings. The average Bonchev–Trinajstić information content (AvgIpc) is 2.40. The molecule has 0 spiro atoms. The lowest BCUT2D eigenvalue weighted by Gasteiger charge is -2.39. The zero-order chi connectivity index (χ0) is 13.0. The van der Waals surface area contributed by atoms with Crippen molar-refractivity contribution < 1.29 is 0 Å². The number of piperidine rings is 1. The van der Waals surface area contributed by atoms with E-state index in [4.69, 9.17) is 0 Å². The second-order valence-corrected chi connectivity index (χ2v) is 6.78. The summed E-state index contributed by atoms with van der Waals surface area (Å²) in [7, 11) is 4.62. The summed E-state index contributed by atoms with van der Waals surface area (Å²) in [5.74, 6) is 1.03. The Bertz CT molecular complexity index is 235. The SMILES string of the molecule is C[C@H]1C[C@H](N(C)CCC2CCCCC2)CCN1C. The van der Waals surface area contributed by atoms with E-state index in [1.165, 1.54) is 64.5 Å². The van der Waals surface area contributed by atoms with Crippen molar-refractivity contribution in [3.63, 3.8) is 0 Å². The molecule has 18 heavy (non-hydrogen) atoms. The van der Waals surface area contributed by atoms with Crippen LogP contribution in [0.2, 0.25) is 0 Å². The molecule has 0 N–H and O–H groups in total. The highest BCUT2D eigenvalue weighted by Crippen LogP contribution is 2.27. The molecule has 0 aromatic rings. The van der Waals surface area contributed by atoms with Gasteiger partial charge in [-0.25, -0.2) is 0 Å². The van der Waals surface area contributed by atoms with Crippen molar-refractivity contribution in [1.82, 2.24) is 9.80 Å². The molecular formula is C16H32N2. The summed E-state index contributed by atoms with van der Waals surface area (Å²) in [6, 6.07) is 1.60. The van der Waals surface area contributed by atoms with E-state index in [1.54, 1.807) is 0 Å². The quantitative estimate of drug-likeness (QED) is 0.757. The average molecular weight is 252 g/mol. The molecule has 0 radical (unpaired) electrons. The standard InChI is InChI=1S/C16H32N2/c1-14-13-16(10-12-17(14)2)18(3)11-9-15-7-5-4-6-8-15/h14-16H,4-13H2,1-3H3/t14-,16+/m0/s1. The molecule has 1 saturated heterocycles. The van der Waals surface area contributed by atoms with E-state index in [-0.39, 0.29) is 0 Å². The number of nitrogens with zero attached hydrogens (tertiary/aromatic N) is 2. The van der Waals surface area contributed by atoms with Crippen molar-refractivity contribution in [1.29, 1.82) is 0 Å². The van der Waals surface area contributed by atoms with Crippen LogP contribution in [0.25, 0.3) is 0 Å². The Labute approximate surface area is 114 Å². The Balaban J connectivity index is 1.69. The molecule has 2 nitrogen and oxygen atoms in total. The van der Waals surface area contributed by atoms with Crippen LogP contribution in [-0.4, -0.2) is 49.1 Å². The smallest absolute Gasteiger partial charge is 0.0119 e. The molecule has 0 aromatic heterocycles. The lowest BCUT2D eigenvalue weighted by atomic mass is 9.86. The summed E-state index contributed by atoms with van der Waals surface area (Å²) in [5.41, 5.74) is 0. The number of hydrogen-bond donors (Lipinski definition) is 0. The van der Waals surface area contributed by atoms with Gasteiger partial charge in [-0.2, -0.15) is 0 Å². The Morgan fingerprint density at radius 2 is 1.83 bits per heavy atom. The van der Waals surface area contributed by atoms with Gasteiger partial charge in [-0.1, -0.05) is 32.1 Å². The Kier molecular flexibility index (Phi) is 5.50. The van der Waals surface area contributed by atoms with E-state index in [1.807, 2.05) is 0 Å². The summed E-state index contributed by atoms with van der Waals surface area (Å²) < 4.78 is 0. The lowest BCUT2D eigenvalue weighted by Crippen LogP contribution is -2.46. The Hall–Kier alpha value is -0.0800. The molecule has 106 valence electrons. The monoisotopic (exact) mass is 252 g/mol. The lowest BCUT2D eigenvalue weighted by molar-refractivity contribution is 0.0992. The maximum absolute atomic E-state index is 2.65. The Morgan fingerprint density at radius 1 is 1.11 bits per heavy atom. The van der Waals surface area contributed by atoms with Crippen molar-refractivity contribution >= 4 is 0 Å². The minimum absolute atomic E-state index is 0.765. The van der Waals surface area contributed by atoms with Crippen molar-refractivity contribution in [2.24, 2.45) is 5.92 Å². The molecule has 2 atom stereocenters. The van der Waals surface area contributed by atoms with Crippen molar-refractivity contribution in [3.8, 4) is 0 Å². The first kappa shape index (κ1) is 14.3. The molecule has 1 saturated carbocycles. The van der Waals surface area contributed by atoms with Crippen LogP contribution in [0.15, 0.2) is 0 Å². The fraction of sp³-hybridized carbons (Fsp3) is 1.00. The second kappa shape index (κ2) is 6.91. The molecule has 1 aliphatic carbocycles. The first-order chi connectivity index (χ1) is 8.66. The molecule has 1 heterocycles. The summed E-state index contributed by atoms with van der Waals surface area (Å²) in [6.45, 7) is 4.98. The van der Waals surface area contributed by atoms with E-state index < -0.39 is 0 Å². The van der Waals surface area contributed by atoms with Gasteiger partial charge in [0.2, 0.25) is 0 Å². The van der Waals surface area contributed by atoms with Gasteiger partial charge in [0.25, 0.3) is 0 Å². The molecule has 2 fully saturated rings. The van der Waals surface area contributed by atoms with Crippen LogP contribution in [0.4, 0.5) is 0 Å². The van der Waals surface area contributed by atoms with Gasteiger partial charge in [-0.3, -0.25) is 0 Å². The molecule has 2 rings (SSSR count). The molecule has 0 bridgehead atoms. The van der Waals surface area contributed by atoms with Gasteiger partial charge in [0.05, 0.1) is 0 Å². The Morgan fingerprint density at radius 3 is 2.50 bits per heavy atom. The molecule has 1 aliphatic heterocycles. The fourth-order valence-corrected chi connectivity index (χ4v) is 3.71. The van der Waals surface area contributed by atoms with Crippen molar-refractivity contribution in [3.05, 3.63) is 0 Å². The van der Waals surface area contributed by atoms with Gasteiger partial charge in [-0.15, -0.1) is 0 Å². The van der Waals surface area contributed by atoms with E-state index in [0.29, 0.717) is 0 Å². The number of likely N-dealkylation sites (tertiary alicyclic amines) is 1. The third-order valence-corrected chi connectivity index (χ3v) is 5.42. The highest BCUT2D eigenvalue weighted by molar-refractivity contribution is 4.82. The maximum atomic E-state index is 2.65. The fourth-order valence-electron chi connectivity index (χ4n) is 3.71. The second-order valence-electron chi connectivity index (χ2n) is 6.78. The normalized spacial score (nSPS) is 32.0. The molecular weight excluding hydrogens is 220 g/mol. The third kappa shape index (κ3) is 3.96. The van der Waals surface area contributed by atoms with Crippen molar-refractivity contribution in [2.45, 2.75) is 70.4 Å². The molecule has 0 amide bonds. The number of rotatable bonds is 4. The first-order valence-electron chi connectivity index (χ1n) is 8.07. The van der Waals surface area contributed by atoms with E-state index in [9.17, 15) is 0 Å². The van der Waals surface area contributed by atoms with E-state index in [2.05, 4.69) is 30.8 Å². The van der Waals surface area contributed by atoms with Crippen LogP contribution in [0.3, 0.4) is 0 Å². The van der Waals surface area contributed by atoms with Crippen LogP contribution in [-0.2, 0) is 0 Å². The van der Waals surface area contributed by atoms with Crippen molar-refractivity contribution in [2.75, 3.05) is 27.2 Å². The zero-order valence-corrected chi connectivity index (χ0v) is 12.7. The van der Waals surface area contributed by atoms with Gasteiger partial charge >= 0.3 is 0 Å². The van der Waals surface area contributed by atoms with Crippen LogP contribution in [0, 0.1) is 5.92 Å². The molecule has 0 unspecified atom stereocenters. The molecule has 2 heteroatoms. The van der Waals surface area contributed by atoms with Gasteiger partial charge in [0.15, 0.2) is 0 Å². The topological polar surface area (TPSA) is 6.48 Å². The minimum atomic E-state index is 0.765. The first-order valence-corrected chi connectivity index (χ1v) is 8.07. The van der Waals surface area contributed by atoms with E-state index >= 15 is 0 Å². The van der Waals surface area contributed by atoms with Gasteiger partial charge in [0, 0.05) is 12.1 Å².